The lowest BCUT2D eigenvalue weighted by molar-refractivity contribution is -0.144. The third-order valence-corrected chi connectivity index (χ3v) is 3.18. The summed E-state index contributed by atoms with van der Waals surface area (Å²) in [6.45, 7) is 1.99. The topological polar surface area (TPSA) is 83.9 Å². The summed E-state index contributed by atoms with van der Waals surface area (Å²) in [7, 11) is 1.48. The van der Waals surface area contributed by atoms with Crippen LogP contribution >= 0.6 is 0 Å². The van der Waals surface area contributed by atoms with Crippen LogP contribution in [0.15, 0.2) is 24.3 Å². The lowest BCUT2D eigenvalue weighted by Crippen LogP contribution is -2.38. The smallest absolute Gasteiger partial charge is 0.323 e. The molecule has 1 amide bonds. The predicted molar refractivity (Wildman–Crippen MR) is 80.8 cm³/mol. The van der Waals surface area contributed by atoms with E-state index in [0.29, 0.717) is 5.56 Å². The molecule has 1 aromatic carbocycles. The first-order chi connectivity index (χ1) is 10.4. The van der Waals surface area contributed by atoms with Gasteiger partial charge in [0.2, 0.25) is 5.91 Å². The molecular weight excluding hydrogens is 286 g/mol. The minimum absolute atomic E-state index is 0.0102. The molecule has 1 N–H and O–H groups in total. The van der Waals surface area contributed by atoms with E-state index in [1.807, 2.05) is 19.1 Å². The Morgan fingerprint density at radius 3 is 2.32 bits per heavy atom. The standard InChI is InChI=1S/C16H21NO5/c1-12-3-5-13(6-4-12)14(18)7-8-15(19)17(9-10-22-2)11-16(20)21/h3-6H,7-11H2,1-2H3,(H,20,21). The van der Waals surface area contributed by atoms with Crippen molar-refractivity contribution < 1.29 is 24.2 Å². The highest BCUT2D eigenvalue weighted by molar-refractivity contribution is 5.98. The highest BCUT2D eigenvalue weighted by Gasteiger charge is 2.18. The number of rotatable bonds is 9. The molecule has 0 aliphatic heterocycles. The van der Waals surface area contributed by atoms with E-state index >= 15 is 0 Å². The van der Waals surface area contributed by atoms with Gasteiger partial charge >= 0.3 is 5.97 Å². The van der Waals surface area contributed by atoms with E-state index in [4.69, 9.17) is 9.84 Å². The Bertz CT molecular complexity index is 524. The number of ketones is 1. The second kappa shape index (κ2) is 8.94. The largest absolute Gasteiger partial charge is 0.480 e. The second-order valence-electron chi connectivity index (χ2n) is 4.99. The van der Waals surface area contributed by atoms with Crippen LogP contribution in [0.4, 0.5) is 0 Å². The minimum atomic E-state index is -1.09. The second-order valence-corrected chi connectivity index (χ2v) is 4.99. The molecule has 0 unspecified atom stereocenters. The van der Waals surface area contributed by atoms with E-state index in [9.17, 15) is 14.4 Å². The van der Waals surface area contributed by atoms with E-state index in [1.165, 1.54) is 12.0 Å². The van der Waals surface area contributed by atoms with Crippen molar-refractivity contribution in [1.29, 1.82) is 0 Å². The summed E-state index contributed by atoms with van der Waals surface area (Å²) in [6.07, 6.45) is 0.0503. The number of ether oxygens (including phenoxy) is 1. The molecule has 0 atom stereocenters. The maximum absolute atomic E-state index is 12.0. The molecule has 1 aromatic rings. The van der Waals surface area contributed by atoms with Crippen LogP contribution in [0, 0.1) is 6.92 Å². The fourth-order valence-electron chi connectivity index (χ4n) is 1.92. The molecular formula is C16H21NO5. The molecule has 6 heteroatoms. The van der Waals surface area contributed by atoms with Crippen molar-refractivity contribution in [2.75, 3.05) is 26.8 Å². The van der Waals surface area contributed by atoms with E-state index in [1.54, 1.807) is 12.1 Å². The predicted octanol–water partition coefficient (Wildman–Crippen LogP) is 1.52. The number of hydrogen-bond donors (Lipinski definition) is 1. The first kappa shape index (κ1) is 17.8. The van der Waals surface area contributed by atoms with Crippen LogP contribution in [-0.2, 0) is 14.3 Å². The Balaban J connectivity index is 2.55. The third-order valence-electron chi connectivity index (χ3n) is 3.18. The van der Waals surface area contributed by atoms with Gasteiger partial charge in [0, 0.05) is 32.1 Å². The van der Waals surface area contributed by atoms with Gasteiger partial charge in [-0.1, -0.05) is 29.8 Å². The van der Waals surface area contributed by atoms with Crippen LogP contribution in [0.5, 0.6) is 0 Å². The van der Waals surface area contributed by atoms with Gasteiger partial charge in [0.1, 0.15) is 6.54 Å². The summed E-state index contributed by atoms with van der Waals surface area (Å²) < 4.78 is 4.86. The summed E-state index contributed by atoms with van der Waals surface area (Å²) in [5.41, 5.74) is 1.61. The third kappa shape index (κ3) is 6.05. The number of aliphatic carboxylic acids is 1. The molecule has 0 spiro atoms. The SMILES string of the molecule is COCCN(CC(=O)O)C(=O)CCC(=O)c1ccc(C)cc1. The summed E-state index contributed by atoms with van der Waals surface area (Å²) in [5.74, 6) is -1.58. The lowest BCUT2D eigenvalue weighted by atomic mass is 10.0. The highest BCUT2D eigenvalue weighted by atomic mass is 16.5. The van der Waals surface area contributed by atoms with E-state index in [0.717, 1.165) is 5.56 Å². The van der Waals surface area contributed by atoms with E-state index in [2.05, 4.69) is 0 Å². The van der Waals surface area contributed by atoms with Gasteiger partial charge in [-0.3, -0.25) is 14.4 Å². The van der Waals surface area contributed by atoms with E-state index < -0.39 is 5.97 Å². The normalized spacial score (nSPS) is 10.3. The summed E-state index contributed by atoms with van der Waals surface area (Å²) in [5, 5.41) is 8.81. The van der Waals surface area contributed by atoms with Crippen LogP contribution in [-0.4, -0.2) is 54.5 Å². The zero-order valence-electron chi connectivity index (χ0n) is 12.9. The number of aryl methyl sites for hydroxylation is 1. The van der Waals surface area contributed by atoms with Crippen LogP contribution in [0.1, 0.15) is 28.8 Å². The number of methoxy groups -OCH3 is 1. The quantitative estimate of drug-likeness (QED) is 0.699. The Labute approximate surface area is 129 Å². The molecule has 0 aromatic heterocycles. The van der Waals surface area contributed by atoms with Crippen LogP contribution in [0.2, 0.25) is 0 Å². The zero-order chi connectivity index (χ0) is 16.5. The summed E-state index contributed by atoms with van der Waals surface area (Å²) in [4.78, 5) is 36.0. The van der Waals surface area contributed by atoms with Gasteiger partial charge in [-0.15, -0.1) is 0 Å². The number of carbonyl (C=O) groups is 3. The molecule has 22 heavy (non-hydrogen) atoms. The average Bonchev–Trinajstić information content (AvgIpc) is 2.49. The molecule has 6 nitrogen and oxygen atoms in total. The Kier molecular flexibility index (Phi) is 7.25. The Morgan fingerprint density at radius 2 is 1.77 bits per heavy atom. The van der Waals surface area contributed by atoms with Crippen molar-refractivity contribution in [3.63, 3.8) is 0 Å². The molecule has 0 bridgehead atoms. The number of carboxylic acid groups (broad SMARTS) is 1. The molecule has 0 heterocycles. The molecule has 0 aliphatic rings. The number of benzene rings is 1. The number of hydrogen-bond acceptors (Lipinski definition) is 4. The van der Waals surface area contributed by atoms with Gasteiger partial charge in [0.25, 0.3) is 0 Å². The van der Waals surface area contributed by atoms with Crippen LogP contribution in [0.25, 0.3) is 0 Å². The number of nitrogens with zero attached hydrogens (tertiary/aromatic N) is 1. The molecule has 0 radical (unpaired) electrons. The van der Waals surface area contributed by atoms with Crippen molar-refractivity contribution >= 4 is 17.7 Å². The van der Waals surface area contributed by atoms with Gasteiger partial charge in [0.05, 0.1) is 6.61 Å². The first-order valence-electron chi connectivity index (χ1n) is 7.02. The van der Waals surface area contributed by atoms with Crippen molar-refractivity contribution in [2.45, 2.75) is 19.8 Å². The summed E-state index contributed by atoms with van der Waals surface area (Å²) in [6, 6.07) is 7.12. The molecule has 0 saturated carbocycles. The van der Waals surface area contributed by atoms with Crippen LogP contribution < -0.4 is 0 Å². The van der Waals surface area contributed by atoms with E-state index in [-0.39, 0.29) is 44.2 Å². The van der Waals surface area contributed by atoms with Gasteiger partial charge < -0.3 is 14.7 Å². The highest BCUT2D eigenvalue weighted by Crippen LogP contribution is 2.09. The van der Waals surface area contributed by atoms with Crippen molar-refractivity contribution in [3.8, 4) is 0 Å². The fraction of sp³-hybridized carbons (Fsp3) is 0.438. The number of Topliss-reactive ketones (excluding diaryl/α,β-unsaturated/α-hetero) is 1. The molecule has 0 aliphatic carbocycles. The molecule has 1 rings (SSSR count). The lowest BCUT2D eigenvalue weighted by Gasteiger charge is -2.20. The Morgan fingerprint density at radius 1 is 1.14 bits per heavy atom. The molecule has 0 fully saturated rings. The monoisotopic (exact) mass is 307 g/mol. The maximum Gasteiger partial charge on any atom is 0.323 e. The molecule has 120 valence electrons. The maximum atomic E-state index is 12.0. The van der Waals surface area contributed by atoms with Gasteiger partial charge in [-0.05, 0) is 6.92 Å². The number of amides is 1. The fourth-order valence-corrected chi connectivity index (χ4v) is 1.92. The first-order valence-corrected chi connectivity index (χ1v) is 7.02. The Hall–Kier alpha value is -2.21. The number of carbonyl (C=O) groups excluding carboxylic acids is 2. The molecule has 0 saturated heterocycles. The van der Waals surface area contributed by atoms with Crippen molar-refractivity contribution in [3.05, 3.63) is 35.4 Å². The minimum Gasteiger partial charge on any atom is -0.480 e. The van der Waals surface area contributed by atoms with Crippen molar-refractivity contribution in [1.82, 2.24) is 4.90 Å². The van der Waals surface area contributed by atoms with Gasteiger partial charge in [0.15, 0.2) is 5.78 Å². The van der Waals surface area contributed by atoms with Crippen molar-refractivity contribution in [2.24, 2.45) is 0 Å². The number of carboxylic acids is 1. The van der Waals surface area contributed by atoms with Gasteiger partial charge in [-0.25, -0.2) is 0 Å². The zero-order valence-corrected chi connectivity index (χ0v) is 12.9. The average molecular weight is 307 g/mol. The van der Waals surface area contributed by atoms with Crippen LogP contribution in [0.3, 0.4) is 0 Å². The van der Waals surface area contributed by atoms with Gasteiger partial charge in [-0.2, -0.15) is 0 Å². The summed E-state index contributed by atoms with van der Waals surface area (Å²) >= 11 is 0.